The lowest BCUT2D eigenvalue weighted by Crippen LogP contribution is -2.29. The van der Waals surface area contributed by atoms with E-state index in [2.05, 4.69) is 24.1 Å². The van der Waals surface area contributed by atoms with Gasteiger partial charge in [0.2, 0.25) is 0 Å². The topological polar surface area (TPSA) is 64.0 Å². The maximum Gasteiger partial charge on any atom is 0.152 e. The minimum atomic E-state index is -2.88. The van der Waals surface area contributed by atoms with E-state index in [-0.39, 0.29) is 11.8 Å². The van der Waals surface area contributed by atoms with Gasteiger partial charge in [-0.15, -0.1) is 0 Å². The van der Waals surface area contributed by atoms with Crippen molar-refractivity contribution < 1.29 is 8.42 Å². The highest BCUT2D eigenvalue weighted by Crippen LogP contribution is 2.24. The summed E-state index contributed by atoms with van der Waals surface area (Å²) in [5.74, 6) is 1.19. The molecule has 108 valence electrons. The standard InChI is InChI=1S/C13H23N3O2S/c1-11(2)6-14-7-13-8-15-10-16(13)12-4-3-5-19(17,18)9-12/h8,10-12,14H,3-7,9H2,1-2H3. The number of rotatable bonds is 5. The maximum atomic E-state index is 11.7. The Morgan fingerprint density at radius 2 is 2.32 bits per heavy atom. The fourth-order valence-corrected chi connectivity index (χ4v) is 4.19. The summed E-state index contributed by atoms with van der Waals surface area (Å²) in [4.78, 5) is 4.17. The van der Waals surface area contributed by atoms with Gasteiger partial charge in [0.05, 0.1) is 23.5 Å². The molecule has 0 aromatic carbocycles. The lowest BCUT2D eigenvalue weighted by Gasteiger charge is -2.25. The van der Waals surface area contributed by atoms with Gasteiger partial charge in [0.15, 0.2) is 9.84 Å². The van der Waals surface area contributed by atoms with Crippen LogP contribution in [0.25, 0.3) is 0 Å². The van der Waals surface area contributed by atoms with E-state index in [1.807, 2.05) is 10.8 Å². The van der Waals surface area contributed by atoms with Crippen LogP contribution in [0.1, 0.15) is 38.4 Å². The summed E-state index contributed by atoms with van der Waals surface area (Å²) in [6.07, 6.45) is 5.27. The van der Waals surface area contributed by atoms with Gasteiger partial charge in [-0.05, 0) is 25.3 Å². The number of nitrogens with zero attached hydrogens (tertiary/aromatic N) is 2. The molecule has 2 rings (SSSR count). The van der Waals surface area contributed by atoms with Crippen LogP contribution in [0.2, 0.25) is 0 Å². The SMILES string of the molecule is CC(C)CNCc1cncn1C1CCCS(=O)(=O)C1. The van der Waals surface area contributed by atoms with Gasteiger partial charge in [-0.1, -0.05) is 13.8 Å². The zero-order valence-electron chi connectivity index (χ0n) is 11.7. The third kappa shape index (κ3) is 4.04. The Balaban J connectivity index is 2.02. The lowest BCUT2D eigenvalue weighted by molar-refractivity contribution is 0.449. The van der Waals surface area contributed by atoms with E-state index in [1.54, 1.807) is 6.33 Å². The van der Waals surface area contributed by atoms with Crippen LogP contribution >= 0.6 is 0 Å². The number of aromatic nitrogens is 2. The first-order valence-electron chi connectivity index (χ1n) is 6.90. The highest BCUT2D eigenvalue weighted by atomic mass is 32.2. The second kappa shape index (κ2) is 6.05. The normalized spacial score (nSPS) is 22.8. The van der Waals surface area contributed by atoms with E-state index in [0.29, 0.717) is 11.7 Å². The van der Waals surface area contributed by atoms with Gasteiger partial charge >= 0.3 is 0 Å². The van der Waals surface area contributed by atoms with Crippen molar-refractivity contribution in [2.75, 3.05) is 18.1 Å². The first-order chi connectivity index (χ1) is 8.98. The second-order valence-corrected chi connectivity index (χ2v) is 7.96. The third-order valence-corrected chi connectivity index (χ3v) is 5.24. The molecule has 1 saturated heterocycles. The van der Waals surface area contributed by atoms with Crippen LogP contribution in [0.15, 0.2) is 12.5 Å². The Morgan fingerprint density at radius 3 is 3.00 bits per heavy atom. The number of imidazole rings is 1. The summed E-state index contributed by atoms with van der Waals surface area (Å²) in [5.41, 5.74) is 1.07. The molecule has 0 spiro atoms. The van der Waals surface area contributed by atoms with E-state index >= 15 is 0 Å². The molecular formula is C13H23N3O2S. The Bertz CT molecular complexity index is 508. The van der Waals surface area contributed by atoms with Gasteiger partial charge in [0.25, 0.3) is 0 Å². The molecule has 1 aliphatic heterocycles. The first kappa shape index (κ1) is 14.5. The molecule has 0 bridgehead atoms. The lowest BCUT2D eigenvalue weighted by atomic mass is 10.2. The van der Waals surface area contributed by atoms with Gasteiger partial charge < -0.3 is 9.88 Å². The van der Waals surface area contributed by atoms with Gasteiger partial charge in [-0.2, -0.15) is 0 Å². The highest BCUT2D eigenvalue weighted by molar-refractivity contribution is 7.91. The average molecular weight is 285 g/mol. The molecule has 1 fully saturated rings. The molecular weight excluding hydrogens is 262 g/mol. The van der Waals surface area contributed by atoms with Crippen molar-refractivity contribution in [1.82, 2.24) is 14.9 Å². The smallest absolute Gasteiger partial charge is 0.152 e. The Labute approximate surface area is 115 Å². The summed E-state index contributed by atoms with van der Waals surface area (Å²) in [5, 5.41) is 3.38. The van der Waals surface area contributed by atoms with Crippen LogP contribution in [0, 0.1) is 5.92 Å². The number of sulfone groups is 1. The Morgan fingerprint density at radius 1 is 1.53 bits per heavy atom. The van der Waals surface area contributed by atoms with Crippen LogP contribution in [-0.4, -0.2) is 36.0 Å². The fourth-order valence-electron chi connectivity index (χ4n) is 2.50. The summed E-state index contributed by atoms with van der Waals surface area (Å²) in [6, 6.07) is 0.0529. The van der Waals surface area contributed by atoms with Crippen molar-refractivity contribution in [3.8, 4) is 0 Å². The number of hydrogen-bond donors (Lipinski definition) is 1. The largest absolute Gasteiger partial charge is 0.329 e. The van der Waals surface area contributed by atoms with Gasteiger partial charge in [0.1, 0.15) is 0 Å². The predicted molar refractivity (Wildman–Crippen MR) is 75.7 cm³/mol. The van der Waals surface area contributed by atoms with Gasteiger partial charge in [0, 0.05) is 18.8 Å². The molecule has 1 atom stereocenters. The molecule has 0 amide bonds. The maximum absolute atomic E-state index is 11.7. The molecule has 1 aromatic rings. The minimum absolute atomic E-state index is 0.0529. The molecule has 6 heteroatoms. The monoisotopic (exact) mass is 285 g/mol. The summed E-state index contributed by atoms with van der Waals surface area (Å²) in [6.45, 7) is 6.03. The van der Waals surface area contributed by atoms with E-state index in [4.69, 9.17) is 0 Å². The van der Waals surface area contributed by atoms with Gasteiger partial charge in [-0.25, -0.2) is 13.4 Å². The van der Waals surface area contributed by atoms with E-state index in [9.17, 15) is 8.42 Å². The van der Waals surface area contributed by atoms with Crippen molar-refractivity contribution in [1.29, 1.82) is 0 Å². The van der Waals surface area contributed by atoms with Crippen LogP contribution in [0.5, 0.6) is 0 Å². The van der Waals surface area contributed by atoms with Crippen molar-refractivity contribution in [2.45, 2.75) is 39.3 Å². The molecule has 0 saturated carbocycles. The molecule has 1 unspecified atom stereocenters. The first-order valence-corrected chi connectivity index (χ1v) is 8.72. The fraction of sp³-hybridized carbons (Fsp3) is 0.769. The molecule has 5 nitrogen and oxygen atoms in total. The third-order valence-electron chi connectivity index (χ3n) is 3.44. The van der Waals surface area contributed by atoms with Gasteiger partial charge in [-0.3, -0.25) is 0 Å². The summed E-state index contributed by atoms with van der Waals surface area (Å²) in [7, 11) is -2.88. The Hall–Kier alpha value is -0.880. The average Bonchev–Trinajstić information content (AvgIpc) is 2.75. The minimum Gasteiger partial charge on any atom is -0.329 e. The summed E-state index contributed by atoms with van der Waals surface area (Å²) < 4.78 is 25.5. The molecule has 1 aromatic heterocycles. The number of nitrogens with one attached hydrogen (secondary N) is 1. The molecule has 19 heavy (non-hydrogen) atoms. The quantitative estimate of drug-likeness (QED) is 0.887. The van der Waals surface area contributed by atoms with E-state index in [1.165, 1.54) is 0 Å². The van der Waals surface area contributed by atoms with Crippen LogP contribution in [0.4, 0.5) is 0 Å². The van der Waals surface area contributed by atoms with E-state index < -0.39 is 9.84 Å². The molecule has 2 heterocycles. The zero-order chi connectivity index (χ0) is 13.9. The van der Waals surface area contributed by atoms with Crippen LogP contribution < -0.4 is 5.32 Å². The van der Waals surface area contributed by atoms with Crippen molar-refractivity contribution >= 4 is 9.84 Å². The van der Waals surface area contributed by atoms with E-state index in [0.717, 1.165) is 31.6 Å². The molecule has 1 aliphatic rings. The molecule has 1 N–H and O–H groups in total. The predicted octanol–water partition coefficient (Wildman–Crippen LogP) is 1.38. The van der Waals surface area contributed by atoms with Crippen molar-refractivity contribution in [2.24, 2.45) is 5.92 Å². The van der Waals surface area contributed by atoms with Crippen molar-refractivity contribution in [3.63, 3.8) is 0 Å². The zero-order valence-corrected chi connectivity index (χ0v) is 12.5. The number of hydrogen-bond acceptors (Lipinski definition) is 4. The highest BCUT2D eigenvalue weighted by Gasteiger charge is 2.26. The second-order valence-electron chi connectivity index (χ2n) is 5.73. The van der Waals surface area contributed by atoms with Crippen molar-refractivity contribution in [3.05, 3.63) is 18.2 Å². The van der Waals surface area contributed by atoms with Crippen LogP contribution in [-0.2, 0) is 16.4 Å². The Kier molecular flexibility index (Phi) is 4.62. The molecule has 0 radical (unpaired) electrons. The van der Waals surface area contributed by atoms with Crippen LogP contribution in [0.3, 0.4) is 0 Å². The molecule has 0 aliphatic carbocycles. The summed E-state index contributed by atoms with van der Waals surface area (Å²) >= 11 is 0.